The maximum absolute atomic E-state index is 11.9. The van der Waals surface area contributed by atoms with Crippen molar-refractivity contribution >= 4 is 5.91 Å². The molecule has 0 saturated carbocycles. The second-order valence-corrected chi connectivity index (χ2v) is 4.61. The monoisotopic (exact) mass is 282 g/mol. The molecule has 3 heterocycles. The predicted octanol–water partition coefficient (Wildman–Crippen LogP) is 2.01. The average Bonchev–Trinajstić information content (AvgIpc) is 3.16. The van der Waals surface area contributed by atoms with Crippen LogP contribution in [0.1, 0.15) is 15.9 Å². The number of aryl methyl sites for hydroxylation is 1. The Balaban J connectivity index is 1.78. The van der Waals surface area contributed by atoms with Crippen LogP contribution in [-0.2, 0) is 13.6 Å². The standard InChI is InChI=1S/C15H14N4O2/c1-19-9-13(8-18-19)14-11(3-2-5-16-14)7-17-15(20)12-4-6-21-10-12/h2-6,8-10H,7H2,1H3,(H,17,20). The normalized spacial score (nSPS) is 10.5. The van der Waals surface area contributed by atoms with Gasteiger partial charge in [-0.2, -0.15) is 5.10 Å². The summed E-state index contributed by atoms with van der Waals surface area (Å²) in [5.74, 6) is -0.176. The van der Waals surface area contributed by atoms with Gasteiger partial charge in [0.25, 0.3) is 5.91 Å². The van der Waals surface area contributed by atoms with Crippen LogP contribution in [-0.4, -0.2) is 20.7 Å². The van der Waals surface area contributed by atoms with Crippen molar-refractivity contribution in [3.05, 3.63) is 60.4 Å². The molecule has 0 aliphatic heterocycles. The molecular weight excluding hydrogens is 268 g/mol. The SMILES string of the molecule is Cn1cc(-c2ncccc2CNC(=O)c2ccoc2)cn1. The number of carbonyl (C=O) groups is 1. The van der Waals surface area contributed by atoms with Crippen molar-refractivity contribution in [2.75, 3.05) is 0 Å². The van der Waals surface area contributed by atoms with Crippen molar-refractivity contribution in [3.63, 3.8) is 0 Å². The van der Waals surface area contributed by atoms with E-state index in [-0.39, 0.29) is 5.91 Å². The van der Waals surface area contributed by atoms with Gasteiger partial charge < -0.3 is 9.73 Å². The van der Waals surface area contributed by atoms with Crippen molar-refractivity contribution < 1.29 is 9.21 Å². The molecule has 3 rings (SSSR count). The Labute approximate surface area is 121 Å². The first-order valence-corrected chi connectivity index (χ1v) is 6.47. The number of pyridine rings is 1. The molecule has 3 aromatic rings. The van der Waals surface area contributed by atoms with Gasteiger partial charge in [-0.15, -0.1) is 0 Å². The molecule has 6 nitrogen and oxygen atoms in total. The van der Waals surface area contributed by atoms with Crippen LogP contribution in [0.5, 0.6) is 0 Å². The second-order valence-electron chi connectivity index (χ2n) is 4.61. The van der Waals surface area contributed by atoms with E-state index in [0.717, 1.165) is 16.8 Å². The van der Waals surface area contributed by atoms with E-state index >= 15 is 0 Å². The number of nitrogens with one attached hydrogen (secondary N) is 1. The fourth-order valence-corrected chi connectivity index (χ4v) is 2.06. The first kappa shape index (κ1) is 13.1. The van der Waals surface area contributed by atoms with Crippen LogP contribution in [0.15, 0.2) is 53.7 Å². The third kappa shape index (κ3) is 2.84. The van der Waals surface area contributed by atoms with Crippen LogP contribution in [0.3, 0.4) is 0 Å². The lowest BCUT2D eigenvalue weighted by Gasteiger charge is -2.07. The lowest BCUT2D eigenvalue weighted by atomic mass is 10.1. The highest BCUT2D eigenvalue weighted by Crippen LogP contribution is 2.20. The molecule has 0 bridgehead atoms. The van der Waals surface area contributed by atoms with Crippen LogP contribution >= 0.6 is 0 Å². The van der Waals surface area contributed by atoms with Crippen LogP contribution in [0.2, 0.25) is 0 Å². The molecule has 1 amide bonds. The molecule has 3 aromatic heterocycles. The number of rotatable bonds is 4. The Morgan fingerprint density at radius 3 is 3.05 bits per heavy atom. The molecule has 21 heavy (non-hydrogen) atoms. The molecule has 0 radical (unpaired) electrons. The number of amides is 1. The van der Waals surface area contributed by atoms with Crippen molar-refractivity contribution in [3.8, 4) is 11.3 Å². The Kier molecular flexibility index (Phi) is 3.51. The lowest BCUT2D eigenvalue weighted by molar-refractivity contribution is 0.0950. The highest BCUT2D eigenvalue weighted by Gasteiger charge is 2.11. The summed E-state index contributed by atoms with van der Waals surface area (Å²) in [6.07, 6.45) is 8.26. The van der Waals surface area contributed by atoms with E-state index < -0.39 is 0 Å². The Hall–Kier alpha value is -2.89. The number of carbonyl (C=O) groups excluding carboxylic acids is 1. The molecular formula is C15H14N4O2. The minimum atomic E-state index is -0.176. The van der Waals surface area contributed by atoms with E-state index in [0.29, 0.717) is 12.1 Å². The first-order valence-electron chi connectivity index (χ1n) is 6.47. The molecule has 6 heteroatoms. The predicted molar refractivity (Wildman–Crippen MR) is 76.3 cm³/mol. The highest BCUT2D eigenvalue weighted by atomic mass is 16.3. The fourth-order valence-electron chi connectivity index (χ4n) is 2.06. The van der Waals surface area contributed by atoms with Crippen molar-refractivity contribution in [1.82, 2.24) is 20.1 Å². The van der Waals surface area contributed by atoms with E-state index in [1.54, 1.807) is 23.1 Å². The van der Waals surface area contributed by atoms with Crippen LogP contribution in [0.4, 0.5) is 0 Å². The van der Waals surface area contributed by atoms with Crippen molar-refractivity contribution in [2.24, 2.45) is 7.05 Å². The quantitative estimate of drug-likeness (QED) is 0.794. The number of nitrogens with zero attached hydrogens (tertiary/aromatic N) is 3. The molecule has 0 aliphatic rings. The molecule has 0 fully saturated rings. The molecule has 0 aromatic carbocycles. The summed E-state index contributed by atoms with van der Waals surface area (Å²) in [7, 11) is 1.85. The Morgan fingerprint density at radius 1 is 1.43 bits per heavy atom. The lowest BCUT2D eigenvalue weighted by Crippen LogP contribution is -2.22. The minimum absolute atomic E-state index is 0.176. The van der Waals surface area contributed by atoms with Gasteiger partial charge in [-0.1, -0.05) is 6.07 Å². The van der Waals surface area contributed by atoms with E-state index in [1.807, 2.05) is 25.4 Å². The summed E-state index contributed by atoms with van der Waals surface area (Å²) < 4.78 is 6.62. The molecule has 0 unspecified atom stereocenters. The molecule has 0 spiro atoms. The Bertz CT molecular complexity index is 747. The van der Waals surface area contributed by atoms with Gasteiger partial charge in [-0.3, -0.25) is 14.5 Å². The van der Waals surface area contributed by atoms with Gasteiger partial charge >= 0.3 is 0 Å². The summed E-state index contributed by atoms with van der Waals surface area (Å²) in [6.45, 7) is 0.391. The van der Waals surface area contributed by atoms with Crippen LogP contribution in [0.25, 0.3) is 11.3 Å². The smallest absolute Gasteiger partial charge is 0.254 e. The van der Waals surface area contributed by atoms with Gasteiger partial charge in [0.1, 0.15) is 6.26 Å². The summed E-state index contributed by atoms with van der Waals surface area (Å²) in [5.41, 5.74) is 3.17. The summed E-state index contributed by atoms with van der Waals surface area (Å²) in [4.78, 5) is 16.3. The Morgan fingerprint density at radius 2 is 2.33 bits per heavy atom. The topological polar surface area (TPSA) is 73.0 Å². The zero-order valence-corrected chi connectivity index (χ0v) is 11.5. The molecule has 0 saturated heterocycles. The first-order chi connectivity index (χ1) is 10.2. The zero-order valence-electron chi connectivity index (χ0n) is 11.5. The number of furan rings is 1. The molecule has 106 valence electrons. The minimum Gasteiger partial charge on any atom is -0.472 e. The maximum atomic E-state index is 11.9. The molecule has 1 N–H and O–H groups in total. The van der Waals surface area contributed by atoms with E-state index in [9.17, 15) is 4.79 Å². The maximum Gasteiger partial charge on any atom is 0.254 e. The average molecular weight is 282 g/mol. The van der Waals surface area contributed by atoms with E-state index in [1.165, 1.54) is 12.5 Å². The van der Waals surface area contributed by atoms with Gasteiger partial charge in [-0.25, -0.2) is 0 Å². The largest absolute Gasteiger partial charge is 0.472 e. The summed E-state index contributed by atoms with van der Waals surface area (Å²) in [6, 6.07) is 5.41. The highest BCUT2D eigenvalue weighted by molar-refractivity contribution is 5.93. The van der Waals surface area contributed by atoms with Crippen LogP contribution < -0.4 is 5.32 Å². The van der Waals surface area contributed by atoms with Crippen LogP contribution in [0, 0.1) is 0 Å². The van der Waals surface area contributed by atoms with Gasteiger partial charge in [0.05, 0.1) is 23.7 Å². The third-order valence-electron chi connectivity index (χ3n) is 3.09. The van der Waals surface area contributed by atoms with E-state index in [4.69, 9.17) is 4.42 Å². The number of aromatic nitrogens is 3. The zero-order chi connectivity index (χ0) is 14.7. The summed E-state index contributed by atoms with van der Waals surface area (Å²) >= 11 is 0. The summed E-state index contributed by atoms with van der Waals surface area (Å²) in [5, 5.41) is 7.00. The molecule has 0 atom stereocenters. The van der Waals surface area contributed by atoms with Gasteiger partial charge in [-0.05, 0) is 17.7 Å². The fraction of sp³-hybridized carbons (Fsp3) is 0.133. The number of hydrogen-bond acceptors (Lipinski definition) is 4. The number of hydrogen-bond donors (Lipinski definition) is 1. The second kappa shape index (κ2) is 5.62. The molecule has 0 aliphatic carbocycles. The van der Waals surface area contributed by atoms with E-state index in [2.05, 4.69) is 15.4 Å². The third-order valence-corrected chi connectivity index (χ3v) is 3.09. The van der Waals surface area contributed by atoms with Gasteiger partial charge in [0.2, 0.25) is 0 Å². The van der Waals surface area contributed by atoms with Crippen molar-refractivity contribution in [2.45, 2.75) is 6.54 Å². The van der Waals surface area contributed by atoms with Gasteiger partial charge in [0, 0.05) is 31.5 Å². The van der Waals surface area contributed by atoms with Crippen molar-refractivity contribution in [1.29, 1.82) is 0 Å². The van der Waals surface area contributed by atoms with Gasteiger partial charge in [0.15, 0.2) is 0 Å².